The molecule has 1 aliphatic heterocycles. The van der Waals surface area contributed by atoms with Crippen molar-refractivity contribution in [2.75, 3.05) is 26.3 Å². The molecule has 9 heteroatoms. The molecule has 2 aromatic carbocycles. The van der Waals surface area contributed by atoms with Crippen LogP contribution < -0.4 is 0 Å². The lowest BCUT2D eigenvalue weighted by Gasteiger charge is -2.26. The van der Waals surface area contributed by atoms with Crippen LogP contribution in [0.4, 0.5) is 4.39 Å². The van der Waals surface area contributed by atoms with Gasteiger partial charge in [-0.2, -0.15) is 9.78 Å². The van der Waals surface area contributed by atoms with Crippen molar-refractivity contribution in [1.82, 2.24) is 24.6 Å². The summed E-state index contributed by atoms with van der Waals surface area (Å²) in [5, 5.41) is 15.7. The van der Waals surface area contributed by atoms with Gasteiger partial charge >= 0.3 is 0 Å². The molecule has 1 amide bonds. The van der Waals surface area contributed by atoms with E-state index < -0.39 is 11.9 Å². The average molecular weight is 488 g/mol. The molecule has 36 heavy (non-hydrogen) atoms. The van der Waals surface area contributed by atoms with Crippen molar-refractivity contribution in [2.24, 2.45) is 0 Å². The predicted molar refractivity (Wildman–Crippen MR) is 131 cm³/mol. The van der Waals surface area contributed by atoms with Crippen LogP contribution in [0.3, 0.4) is 0 Å². The lowest BCUT2D eigenvalue weighted by atomic mass is 10.0. The number of hydrogen-bond donors (Lipinski definition) is 1. The zero-order chi connectivity index (χ0) is 24.8. The van der Waals surface area contributed by atoms with Gasteiger partial charge in [0.1, 0.15) is 5.82 Å². The molecule has 8 nitrogen and oxygen atoms in total. The summed E-state index contributed by atoms with van der Waals surface area (Å²) in [4.78, 5) is 23.9. The van der Waals surface area contributed by atoms with Crippen LogP contribution in [0, 0.1) is 5.82 Å². The van der Waals surface area contributed by atoms with Crippen molar-refractivity contribution in [1.29, 1.82) is 0 Å². The Morgan fingerprint density at radius 3 is 2.56 bits per heavy atom. The van der Waals surface area contributed by atoms with Crippen LogP contribution in [-0.2, 0) is 4.74 Å². The lowest BCUT2D eigenvalue weighted by Crippen LogP contribution is -2.40. The zero-order valence-corrected chi connectivity index (χ0v) is 19.9. The van der Waals surface area contributed by atoms with E-state index in [1.165, 1.54) is 6.07 Å². The van der Waals surface area contributed by atoms with Crippen LogP contribution in [0.15, 0.2) is 48.8 Å². The number of benzene rings is 2. The molecule has 2 aromatic heterocycles. The third-order valence-corrected chi connectivity index (χ3v) is 6.83. The Hall–Kier alpha value is -3.69. The first-order valence-corrected chi connectivity index (χ1v) is 12.2. The summed E-state index contributed by atoms with van der Waals surface area (Å²) >= 11 is 0. The van der Waals surface area contributed by atoms with Crippen LogP contribution in [0.1, 0.15) is 53.4 Å². The molecule has 4 aromatic rings. The van der Waals surface area contributed by atoms with Gasteiger partial charge in [0.2, 0.25) is 0 Å². The second kappa shape index (κ2) is 9.07. The Morgan fingerprint density at radius 2 is 1.86 bits per heavy atom. The second-order valence-electron chi connectivity index (χ2n) is 9.39. The summed E-state index contributed by atoms with van der Waals surface area (Å²) < 4.78 is 21.6. The number of hydrogen-bond acceptors (Lipinski definition) is 6. The van der Waals surface area contributed by atoms with E-state index in [-0.39, 0.29) is 5.91 Å². The zero-order valence-electron chi connectivity index (χ0n) is 19.9. The van der Waals surface area contributed by atoms with E-state index >= 15 is 0 Å². The minimum absolute atomic E-state index is 0.0364. The molecule has 1 saturated heterocycles. The van der Waals surface area contributed by atoms with E-state index in [0.29, 0.717) is 60.4 Å². The summed E-state index contributed by atoms with van der Waals surface area (Å²) in [6.07, 6.45) is 4.56. The molecule has 1 unspecified atom stereocenters. The topological polar surface area (TPSA) is 93.4 Å². The van der Waals surface area contributed by atoms with E-state index in [9.17, 15) is 14.3 Å². The molecule has 3 heterocycles. The average Bonchev–Trinajstić information content (AvgIpc) is 3.69. The number of morpholine rings is 1. The Labute approximate surface area is 207 Å². The highest BCUT2D eigenvalue weighted by molar-refractivity contribution is 5.98. The standard InChI is InChI=1S/C27H26FN5O3/c1-16(34)18-5-7-23(28)22(12-18)20-14-29-27(30-15-20)33-24-13-19(26(35)32-8-10-36-11-9-32)4-6-21(24)25(31-33)17-2-3-17/h4-7,12-17,34H,2-3,8-11H2,1H3. The molecule has 0 bridgehead atoms. The van der Waals surface area contributed by atoms with Gasteiger partial charge in [0.25, 0.3) is 11.9 Å². The SMILES string of the molecule is CC(O)c1ccc(F)c(-c2cnc(-n3nc(C4CC4)c4ccc(C(=O)N5CCOCC5)cc43)nc2)c1. The number of aliphatic hydroxyl groups excluding tert-OH is 1. The molecule has 1 atom stereocenters. The van der Waals surface area contributed by atoms with Gasteiger partial charge in [-0.25, -0.2) is 14.4 Å². The lowest BCUT2D eigenvalue weighted by molar-refractivity contribution is 0.0303. The first-order chi connectivity index (χ1) is 17.5. The van der Waals surface area contributed by atoms with Gasteiger partial charge < -0.3 is 14.7 Å². The number of aliphatic hydroxyl groups is 1. The maximum absolute atomic E-state index is 14.5. The molecular formula is C27H26FN5O3. The number of ether oxygens (including phenoxy) is 1. The van der Waals surface area contributed by atoms with Crippen molar-refractivity contribution < 1.29 is 19.0 Å². The number of amides is 1. The molecule has 0 radical (unpaired) electrons. The summed E-state index contributed by atoms with van der Waals surface area (Å²) in [6, 6.07) is 10.2. The number of aromatic nitrogens is 4. The highest BCUT2D eigenvalue weighted by Gasteiger charge is 2.30. The Kier molecular flexibility index (Phi) is 5.73. The fourth-order valence-corrected chi connectivity index (χ4v) is 4.63. The van der Waals surface area contributed by atoms with Crippen LogP contribution >= 0.6 is 0 Å². The van der Waals surface area contributed by atoms with Gasteiger partial charge in [-0.15, -0.1) is 0 Å². The van der Waals surface area contributed by atoms with Crippen LogP contribution in [0.5, 0.6) is 0 Å². The van der Waals surface area contributed by atoms with E-state index in [2.05, 4.69) is 9.97 Å². The van der Waals surface area contributed by atoms with Crippen molar-refractivity contribution in [3.05, 3.63) is 71.4 Å². The highest BCUT2D eigenvalue weighted by atomic mass is 19.1. The molecule has 1 aliphatic carbocycles. The van der Waals surface area contributed by atoms with Crippen molar-refractivity contribution >= 4 is 16.8 Å². The van der Waals surface area contributed by atoms with Crippen molar-refractivity contribution in [2.45, 2.75) is 31.8 Å². The first kappa shape index (κ1) is 22.8. The van der Waals surface area contributed by atoms with E-state index in [0.717, 1.165) is 29.4 Å². The largest absolute Gasteiger partial charge is 0.389 e. The fourth-order valence-electron chi connectivity index (χ4n) is 4.63. The Bertz CT molecular complexity index is 1440. The number of carbonyl (C=O) groups is 1. The first-order valence-electron chi connectivity index (χ1n) is 12.2. The van der Waals surface area contributed by atoms with Gasteiger partial charge in [-0.3, -0.25) is 4.79 Å². The summed E-state index contributed by atoms with van der Waals surface area (Å²) in [5.41, 5.74) is 3.77. The monoisotopic (exact) mass is 487 g/mol. The quantitative estimate of drug-likeness (QED) is 0.457. The molecule has 1 saturated carbocycles. The van der Waals surface area contributed by atoms with Crippen molar-refractivity contribution in [3.8, 4) is 17.1 Å². The van der Waals surface area contributed by atoms with E-state index in [1.54, 1.807) is 41.0 Å². The predicted octanol–water partition coefficient (Wildman–Crippen LogP) is 4.02. The van der Waals surface area contributed by atoms with E-state index in [4.69, 9.17) is 9.84 Å². The summed E-state index contributed by atoms with van der Waals surface area (Å²) in [7, 11) is 0. The van der Waals surface area contributed by atoms with Crippen molar-refractivity contribution in [3.63, 3.8) is 0 Å². The molecule has 2 fully saturated rings. The molecular weight excluding hydrogens is 461 g/mol. The van der Waals surface area contributed by atoms with Crippen LogP contribution in [-0.4, -0.2) is 62.0 Å². The number of fused-ring (bicyclic) bond motifs is 1. The van der Waals surface area contributed by atoms with Gasteiger partial charge in [0.05, 0.1) is 30.5 Å². The smallest absolute Gasteiger partial charge is 0.254 e. The minimum Gasteiger partial charge on any atom is -0.389 e. The van der Waals surface area contributed by atoms with Gasteiger partial charge in [0, 0.05) is 53.5 Å². The Morgan fingerprint density at radius 1 is 1.11 bits per heavy atom. The number of halogens is 1. The summed E-state index contributed by atoms with van der Waals surface area (Å²) in [5.74, 6) is 0.290. The highest BCUT2D eigenvalue weighted by Crippen LogP contribution is 2.43. The number of rotatable bonds is 5. The third kappa shape index (κ3) is 4.14. The fraction of sp³-hybridized carbons (Fsp3) is 0.333. The van der Waals surface area contributed by atoms with Gasteiger partial charge in [-0.1, -0.05) is 12.1 Å². The summed E-state index contributed by atoms with van der Waals surface area (Å²) in [6.45, 7) is 3.86. The van der Waals surface area contributed by atoms with Crippen LogP contribution in [0.25, 0.3) is 28.0 Å². The number of carbonyl (C=O) groups excluding carboxylic acids is 1. The normalized spacial score (nSPS) is 16.9. The van der Waals surface area contributed by atoms with Crippen LogP contribution in [0.2, 0.25) is 0 Å². The molecule has 1 N–H and O–H groups in total. The molecule has 6 rings (SSSR count). The third-order valence-electron chi connectivity index (χ3n) is 6.83. The Balaban J connectivity index is 1.39. The maximum Gasteiger partial charge on any atom is 0.254 e. The second-order valence-corrected chi connectivity index (χ2v) is 9.39. The molecule has 0 spiro atoms. The minimum atomic E-state index is -0.713. The van der Waals surface area contributed by atoms with E-state index in [1.807, 2.05) is 18.2 Å². The molecule has 184 valence electrons. The number of nitrogens with zero attached hydrogens (tertiary/aromatic N) is 5. The maximum atomic E-state index is 14.5. The molecule has 2 aliphatic rings. The van der Waals surface area contributed by atoms with Gasteiger partial charge in [-0.05, 0) is 49.6 Å². The van der Waals surface area contributed by atoms with Gasteiger partial charge in [0.15, 0.2) is 0 Å².